The van der Waals surface area contributed by atoms with Gasteiger partial charge in [0, 0.05) is 30.8 Å². The number of fused-ring (bicyclic) bond motifs is 1. The number of carbonyl (C=O) groups is 1. The molecule has 4 rings (SSSR count). The predicted molar refractivity (Wildman–Crippen MR) is 129 cm³/mol. The van der Waals surface area contributed by atoms with Crippen LogP contribution in [0.15, 0.2) is 41.5 Å². The molecule has 1 aliphatic carbocycles. The molecule has 170 valence electrons. The van der Waals surface area contributed by atoms with Gasteiger partial charge >= 0.3 is 0 Å². The molecule has 0 saturated heterocycles. The molecule has 6 heteroatoms. The Kier molecular flexibility index (Phi) is 8.23. The highest BCUT2D eigenvalue weighted by Gasteiger charge is 2.23. The average molecular weight is 434 g/mol. The predicted octanol–water partition coefficient (Wildman–Crippen LogP) is 5.75. The summed E-state index contributed by atoms with van der Waals surface area (Å²) in [6.45, 7) is 1.23. The second-order valence-electron chi connectivity index (χ2n) is 9.02. The van der Waals surface area contributed by atoms with Crippen molar-refractivity contribution in [3.8, 4) is 0 Å². The first kappa shape index (κ1) is 22.4. The molecule has 0 bridgehead atoms. The van der Waals surface area contributed by atoms with Crippen molar-refractivity contribution in [3.63, 3.8) is 0 Å². The Labute approximate surface area is 191 Å². The molecule has 1 aromatic carbocycles. The third-order valence-corrected chi connectivity index (χ3v) is 6.51. The number of nitrogens with one attached hydrogen (secondary N) is 1. The number of rotatable bonds is 3. The van der Waals surface area contributed by atoms with Crippen molar-refractivity contribution < 1.29 is 4.79 Å². The van der Waals surface area contributed by atoms with Crippen molar-refractivity contribution in [1.29, 1.82) is 0 Å². The van der Waals surface area contributed by atoms with Crippen molar-refractivity contribution in [2.45, 2.75) is 83.6 Å². The number of anilines is 1. The summed E-state index contributed by atoms with van der Waals surface area (Å²) in [7, 11) is 0. The van der Waals surface area contributed by atoms with Crippen molar-refractivity contribution in [3.05, 3.63) is 53.2 Å². The zero-order valence-corrected chi connectivity index (χ0v) is 19.1. The van der Waals surface area contributed by atoms with E-state index >= 15 is 0 Å². The number of hydrazone groups is 1. The maximum Gasteiger partial charge on any atom is 0.254 e. The van der Waals surface area contributed by atoms with Crippen LogP contribution in [0.2, 0.25) is 0 Å². The van der Waals surface area contributed by atoms with E-state index in [-0.39, 0.29) is 5.91 Å². The quantitative estimate of drug-likeness (QED) is 0.626. The van der Waals surface area contributed by atoms with Crippen molar-refractivity contribution in [2.75, 3.05) is 12.0 Å². The van der Waals surface area contributed by atoms with E-state index in [9.17, 15) is 4.79 Å². The van der Waals surface area contributed by atoms with Gasteiger partial charge < -0.3 is 4.90 Å². The molecule has 32 heavy (non-hydrogen) atoms. The minimum atomic E-state index is 0.0658. The molecular weight excluding hydrogens is 398 g/mol. The lowest BCUT2D eigenvalue weighted by Crippen LogP contribution is -2.36. The van der Waals surface area contributed by atoms with E-state index in [1.165, 1.54) is 63.5 Å². The molecule has 1 amide bonds. The smallest absolute Gasteiger partial charge is 0.254 e. The van der Waals surface area contributed by atoms with E-state index < -0.39 is 0 Å². The van der Waals surface area contributed by atoms with Gasteiger partial charge in [-0.2, -0.15) is 10.2 Å². The molecule has 2 aromatic rings. The number of aromatic nitrogens is 2. The fraction of sp³-hybridized carbons (Fsp3) is 0.538. The van der Waals surface area contributed by atoms with Crippen LogP contribution in [-0.2, 0) is 13.0 Å². The molecular formula is C26H35N5O. The van der Waals surface area contributed by atoms with Crippen molar-refractivity contribution in [1.82, 2.24) is 15.1 Å². The molecule has 0 radical (unpaired) electrons. The van der Waals surface area contributed by atoms with Gasteiger partial charge in [-0.3, -0.25) is 10.2 Å². The van der Waals surface area contributed by atoms with E-state index in [4.69, 9.17) is 5.10 Å². The lowest BCUT2D eigenvalue weighted by atomic mass is 10.00. The Morgan fingerprint density at radius 3 is 2.19 bits per heavy atom. The minimum Gasteiger partial charge on any atom is -0.334 e. The standard InChI is InChI=1S/C26H35N5O/c32-26(21-13-9-8-10-14-21)31-18-17-24-22(20-31)19-25(30-28-24)29-27-23-15-11-6-4-2-1-3-5-7-12-16-23/h8-10,13-14,19H,1-7,11-12,15-18,20H2,(H,29,30). The highest BCUT2D eigenvalue weighted by atomic mass is 16.2. The zero-order chi connectivity index (χ0) is 22.0. The largest absolute Gasteiger partial charge is 0.334 e. The van der Waals surface area contributed by atoms with Crippen LogP contribution in [0.25, 0.3) is 0 Å². The number of hydrogen-bond donors (Lipinski definition) is 1. The van der Waals surface area contributed by atoms with E-state index in [0.717, 1.165) is 36.1 Å². The molecule has 0 unspecified atom stereocenters. The first-order valence-corrected chi connectivity index (χ1v) is 12.3. The first-order chi connectivity index (χ1) is 15.8. The highest BCUT2D eigenvalue weighted by Crippen LogP contribution is 2.21. The van der Waals surface area contributed by atoms with Crippen molar-refractivity contribution >= 4 is 17.4 Å². The summed E-state index contributed by atoms with van der Waals surface area (Å²) < 4.78 is 0. The summed E-state index contributed by atoms with van der Waals surface area (Å²) in [5.41, 5.74) is 7.16. The van der Waals surface area contributed by atoms with Gasteiger partial charge in [-0.1, -0.05) is 63.1 Å². The zero-order valence-electron chi connectivity index (χ0n) is 19.1. The van der Waals surface area contributed by atoms with Crippen LogP contribution >= 0.6 is 0 Å². The fourth-order valence-electron chi connectivity index (χ4n) is 4.59. The van der Waals surface area contributed by atoms with Gasteiger partial charge in [0.25, 0.3) is 5.91 Å². The lowest BCUT2D eigenvalue weighted by molar-refractivity contribution is 0.0733. The summed E-state index contributed by atoms with van der Waals surface area (Å²) in [6, 6.07) is 11.5. The number of benzene rings is 1. The number of carbonyl (C=O) groups excluding carboxylic acids is 1. The molecule has 6 nitrogen and oxygen atoms in total. The first-order valence-electron chi connectivity index (χ1n) is 12.3. The summed E-state index contributed by atoms with van der Waals surface area (Å²) in [6.07, 6.45) is 14.7. The van der Waals surface area contributed by atoms with Crippen LogP contribution in [0.5, 0.6) is 0 Å². The Bertz CT molecular complexity index is 898. The van der Waals surface area contributed by atoms with Gasteiger partial charge in [-0.25, -0.2) is 0 Å². The summed E-state index contributed by atoms with van der Waals surface area (Å²) in [5, 5.41) is 13.5. The molecule has 1 N–H and O–H groups in total. The van der Waals surface area contributed by atoms with Crippen LogP contribution in [0.3, 0.4) is 0 Å². The van der Waals surface area contributed by atoms with E-state index in [1.807, 2.05) is 41.3 Å². The minimum absolute atomic E-state index is 0.0658. The van der Waals surface area contributed by atoms with E-state index in [2.05, 4.69) is 15.6 Å². The molecule has 2 heterocycles. The molecule has 1 aliphatic heterocycles. The molecule has 0 atom stereocenters. The summed E-state index contributed by atoms with van der Waals surface area (Å²) in [5.74, 6) is 0.729. The van der Waals surface area contributed by atoms with Crippen LogP contribution in [0, 0.1) is 0 Å². The van der Waals surface area contributed by atoms with Crippen LogP contribution < -0.4 is 5.43 Å². The summed E-state index contributed by atoms with van der Waals surface area (Å²) >= 11 is 0. The molecule has 0 spiro atoms. The number of hydrogen-bond acceptors (Lipinski definition) is 5. The van der Waals surface area contributed by atoms with Crippen LogP contribution in [0.1, 0.15) is 92.2 Å². The van der Waals surface area contributed by atoms with Gasteiger partial charge in [-0.05, 0) is 49.4 Å². The molecule has 2 aliphatic rings. The average Bonchev–Trinajstić information content (AvgIpc) is 2.83. The Hall–Kier alpha value is -2.76. The number of amides is 1. The Balaban J connectivity index is 1.39. The van der Waals surface area contributed by atoms with Crippen LogP contribution in [-0.4, -0.2) is 33.3 Å². The van der Waals surface area contributed by atoms with Gasteiger partial charge in [0.15, 0.2) is 5.82 Å². The highest BCUT2D eigenvalue weighted by molar-refractivity contribution is 5.94. The van der Waals surface area contributed by atoms with Crippen LogP contribution in [0.4, 0.5) is 5.82 Å². The Morgan fingerprint density at radius 2 is 1.50 bits per heavy atom. The fourth-order valence-corrected chi connectivity index (χ4v) is 4.59. The third kappa shape index (κ3) is 6.38. The van der Waals surface area contributed by atoms with E-state index in [1.54, 1.807) is 0 Å². The molecule has 1 saturated carbocycles. The normalized spacial score (nSPS) is 18.1. The lowest BCUT2D eigenvalue weighted by Gasteiger charge is -2.28. The molecule has 1 fully saturated rings. The molecule has 1 aromatic heterocycles. The van der Waals surface area contributed by atoms with E-state index in [0.29, 0.717) is 18.9 Å². The maximum atomic E-state index is 12.8. The summed E-state index contributed by atoms with van der Waals surface area (Å²) in [4.78, 5) is 14.7. The third-order valence-electron chi connectivity index (χ3n) is 6.51. The monoisotopic (exact) mass is 433 g/mol. The van der Waals surface area contributed by atoms with Gasteiger partial charge in [-0.15, -0.1) is 5.10 Å². The van der Waals surface area contributed by atoms with Gasteiger partial charge in [0.05, 0.1) is 5.69 Å². The van der Waals surface area contributed by atoms with Gasteiger partial charge in [0.2, 0.25) is 0 Å². The van der Waals surface area contributed by atoms with Gasteiger partial charge in [0.1, 0.15) is 0 Å². The Morgan fingerprint density at radius 1 is 0.844 bits per heavy atom. The second kappa shape index (κ2) is 11.7. The topological polar surface area (TPSA) is 70.5 Å². The maximum absolute atomic E-state index is 12.8. The second-order valence-corrected chi connectivity index (χ2v) is 9.02. The number of nitrogens with zero attached hydrogens (tertiary/aromatic N) is 4. The van der Waals surface area contributed by atoms with Crippen molar-refractivity contribution in [2.24, 2.45) is 5.10 Å². The SMILES string of the molecule is O=C(c1ccccc1)N1CCc2nnc(NN=C3CCCCCCCCCCC3)cc2C1.